The fourth-order valence-electron chi connectivity index (χ4n) is 2.61. The van der Waals surface area contributed by atoms with E-state index in [9.17, 15) is 9.18 Å². The van der Waals surface area contributed by atoms with Gasteiger partial charge in [0, 0.05) is 36.0 Å². The smallest absolute Gasteiger partial charge is 0.254 e. The van der Waals surface area contributed by atoms with Crippen LogP contribution in [0.1, 0.15) is 16.8 Å². The van der Waals surface area contributed by atoms with Crippen molar-refractivity contribution in [2.75, 3.05) is 18.0 Å². The molecule has 1 amide bonds. The Morgan fingerprint density at radius 3 is 3.05 bits per heavy atom. The Labute approximate surface area is 132 Å². The second-order valence-electron chi connectivity index (χ2n) is 5.24. The Kier molecular flexibility index (Phi) is 4.24. The van der Waals surface area contributed by atoms with Gasteiger partial charge in [0.05, 0.1) is 11.8 Å². The summed E-state index contributed by atoms with van der Waals surface area (Å²) in [6.45, 7) is 1.50. The van der Waals surface area contributed by atoms with Crippen LogP contribution in [-0.2, 0) is 0 Å². The summed E-state index contributed by atoms with van der Waals surface area (Å²) < 4.78 is 13.6. The number of aromatic nitrogens is 1. The number of carbonyl (C=O) groups is 1. The Balaban J connectivity index is 1.64. The van der Waals surface area contributed by atoms with Crippen LogP contribution < -0.4 is 10.2 Å². The second-order valence-corrected chi connectivity index (χ2v) is 5.68. The van der Waals surface area contributed by atoms with Gasteiger partial charge in [0.15, 0.2) is 5.82 Å². The number of halogens is 2. The lowest BCUT2D eigenvalue weighted by molar-refractivity contribution is 0.0936. The number of nitrogens with zero attached hydrogens (tertiary/aromatic N) is 2. The molecule has 1 aromatic carbocycles. The van der Waals surface area contributed by atoms with E-state index in [0.717, 1.165) is 24.8 Å². The van der Waals surface area contributed by atoms with Crippen LogP contribution in [0.2, 0.25) is 5.02 Å². The van der Waals surface area contributed by atoms with Gasteiger partial charge < -0.3 is 10.2 Å². The van der Waals surface area contributed by atoms with Crippen LogP contribution >= 0.6 is 11.6 Å². The summed E-state index contributed by atoms with van der Waals surface area (Å²) in [6, 6.07) is 8.98. The monoisotopic (exact) mass is 319 g/mol. The zero-order valence-electron chi connectivity index (χ0n) is 11.8. The zero-order chi connectivity index (χ0) is 15.5. The van der Waals surface area contributed by atoms with Crippen molar-refractivity contribution in [3.8, 4) is 0 Å². The lowest BCUT2D eigenvalue weighted by Crippen LogP contribution is -2.37. The third kappa shape index (κ3) is 3.20. The first-order valence-corrected chi connectivity index (χ1v) is 7.42. The molecule has 0 saturated carbocycles. The molecule has 22 heavy (non-hydrogen) atoms. The van der Waals surface area contributed by atoms with E-state index in [0.29, 0.717) is 11.6 Å². The maximum Gasteiger partial charge on any atom is 0.254 e. The minimum absolute atomic E-state index is 0.0148. The highest BCUT2D eigenvalue weighted by molar-refractivity contribution is 6.30. The number of pyridine rings is 1. The molecule has 0 aliphatic carbocycles. The van der Waals surface area contributed by atoms with Crippen LogP contribution in [0.15, 0.2) is 42.7 Å². The summed E-state index contributed by atoms with van der Waals surface area (Å²) in [7, 11) is 0. The molecule has 0 spiro atoms. The van der Waals surface area contributed by atoms with Gasteiger partial charge in [-0.15, -0.1) is 0 Å². The molecule has 1 atom stereocenters. The number of anilines is 1. The molecule has 0 radical (unpaired) electrons. The minimum Gasteiger partial charge on any atom is -0.369 e. The highest BCUT2D eigenvalue weighted by atomic mass is 35.5. The van der Waals surface area contributed by atoms with Crippen LogP contribution in [0.5, 0.6) is 0 Å². The average Bonchev–Trinajstić information content (AvgIpc) is 2.96. The Hall–Kier alpha value is -2.14. The van der Waals surface area contributed by atoms with E-state index in [-0.39, 0.29) is 11.6 Å². The van der Waals surface area contributed by atoms with Crippen molar-refractivity contribution < 1.29 is 9.18 Å². The van der Waals surface area contributed by atoms with Gasteiger partial charge in [-0.25, -0.2) is 4.39 Å². The van der Waals surface area contributed by atoms with Gasteiger partial charge in [-0.3, -0.25) is 9.78 Å². The average molecular weight is 320 g/mol. The van der Waals surface area contributed by atoms with Crippen molar-refractivity contribution in [2.45, 2.75) is 12.5 Å². The van der Waals surface area contributed by atoms with Gasteiger partial charge in [0.25, 0.3) is 5.91 Å². The van der Waals surface area contributed by atoms with E-state index in [4.69, 9.17) is 11.6 Å². The molecule has 3 rings (SSSR count). The minimum atomic E-state index is -0.607. The van der Waals surface area contributed by atoms with Gasteiger partial charge in [-0.2, -0.15) is 0 Å². The molecular weight excluding hydrogens is 305 g/mol. The Morgan fingerprint density at radius 1 is 1.41 bits per heavy atom. The molecular formula is C16H15ClFN3O. The molecule has 6 heteroatoms. The predicted molar refractivity (Wildman–Crippen MR) is 83.7 cm³/mol. The van der Waals surface area contributed by atoms with Crippen molar-refractivity contribution in [2.24, 2.45) is 0 Å². The molecule has 2 aromatic rings. The standard InChI is InChI=1S/C16H15ClFN3O/c17-11-2-1-3-13(8-11)21-7-5-12(10-21)20-16(22)14-4-6-19-9-15(14)18/h1-4,6,8-9,12H,5,7,10H2,(H,20,22)/t12-/m0/s1. The number of rotatable bonds is 3. The van der Waals surface area contributed by atoms with E-state index in [1.54, 1.807) is 0 Å². The van der Waals surface area contributed by atoms with Crippen LogP contribution in [-0.4, -0.2) is 30.0 Å². The molecule has 2 heterocycles. The maximum absolute atomic E-state index is 13.6. The Morgan fingerprint density at radius 2 is 2.27 bits per heavy atom. The molecule has 1 N–H and O–H groups in total. The molecule has 1 aliphatic heterocycles. The molecule has 1 aliphatic rings. The third-order valence-electron chi connectivity index (χ3n) is 3.71. The van der Waals surface area contributed by atoms with Crippen molar-refractivity contribution in [1.29, 1.82) is 0 Å². The van der Waals surface area contributed by atoms with Gasteiger partial charge in [0.2, 0.25) is 0 Å². The lowest BCUT2D eigenvalue weighted by Gasteiger charge is -2.19. The van der Waals surface area contributed by atoms with Crippen molar-refractivity contribution in [3.05, 3.63) is 59.1 Å². The normalized spacial score (nSPS) is 17.5. The first-order chi connectivity index (χ1) is 10.6. The van der Waals surface area contributed by atoms with Crippen molar-refractivity contribution in [1.82, 2.24) is 10.3 Å². The molecule has 1 aromatic heterocycles. The van der Waals surface area contributed by atoms with Crippen molar-refractivity contribution >= 4 is 23.2 Å². The molecule has 0 bridgehead atoms. The van der Waals surface area contributed by atoms with Gasteiger partial charge in [-0.1, -0.05) is 17.7 Å². The Bertz CT molecular complexity index is 695. The summed E-state index contributed by atoms with van der Waals surface area (Å²) >= 11 is 6.00. The van der Waals surface area contributed by atoms with Crippen LogP contribution in [0.4, 0.5) is 10.1 Å². The first kappa shape index (κ1) is 14.8. The first-order valence-electron chi connectivity index (χ1n) is 7.04. The largest absolute Gasteiger partial charge is 0.369 e. The van der Waals surface area contributed by atoms with E-state index < -0.39 is 11.7 Å². The number of hydrogen-bond acceptors (Lipinski definition) is 3. The maximum atomic E-state index is 13.6. The SMILES string of the molecule is O=C(N[C@H]1CCN(c2cccc(Cl)c2)C1)c1ccncc1F. The number of amides is 1. The van der Waals surface area contributed by atoms with Gasteiger partial charge in [-0.05, 0) is 30.7 Å². The molecule has 114 valence electrons. The molecule has 1 fully saturated rings. The summed E-state index contributed by atoms with van der Waals surface area (Å²) in [5.41, 5.74) is 1.05. The second kappa shape index (κ2) is 6.32. The highest BCUT2D eigenvalue weighted by Crippen LogP contribution is 2.23. The number of benzene rings is 1. The number of hydrogen-bond donors (Lipinski definition) is 1. The van der Waals surface area contributed by atoms with Gasteiger partial charge >= 0.3 is 0 Å². The van der Waals surface area contributed by atoms with E-state index in [1.165, 1.54) is 12.3 Å². The summed E-state index contributed by atoms with van der Waals surface area (Å²) in [6.07, 6.45) is 3.26. The van der Waals surface area contributed by atoms with Crippen LogP contribution in [0, 0.1) is 5.82 Å². The van der Waals surface area contributed by atoms with Crippen LogP contribution in [0.3, 0.4) is 0 Å². The summed E-state index contributed by atoms with van der Waals surface area (Å²) in [5, 5.41) is 3.55. The molecule has 4 nitrogen and oxygen atoms in total. The highest BCUT2D eigenvalue weighted by Gasteiger charge is 2.25. The number of carbonyl (C=O) groups excluding carboxylic acids is 1. The third-order valence-corrected chi connectivity index (χ3v) is 3.95. The summed E-state index contributed by atoms with van der Waals surface area (Å²) in [5.74, 6) is -1.01. The molecule has 0 unspecified atom stereocenters. The van der Waals surface area contributed by atoms with Crippen LogP contribution in [0.25, 0.3) is 0 Å². The fourth-order valence-corrected chi connectivity index (χ4v) is 2.79. The van der Waals surface area contributed by atoms with E-state index >= 15 is 0 Å². The molecule has 1 saturated heterocycles. The topological polar surface area (TPSA) is 45.2 Å². The number of nitrogens with one attached hydrogen (secondary N) is 1. The van der Waals surface area contributed by atoms with Crippen molar-refractivity contribution in [3.63, 3.8) is 0 Å². The summed E-state index contributed by atoms with van der Waals surface area (Å²) in [4.78, 5) is 17.9. The van der Waals surface area contributed by atoms with Gasteiger partial charge in [0.1, 0.15) is 0 Å². The van der Waals surface area contributed by atoms with E-state index in [2.05, 4.69) is 15.2 Å². The predicted octanol–water partition coefficient (Wildman–Crippen LogP) is 2.88. The zero-order valence-corrected chi connectivity index (χ0v) is 12.6. The quantitative estimate of drug-likeness (QED) is 0.946. The lowest BCUT2D eigenvalue weighted by atomic mass is 10.2. The fraction of sp³-hybridized carbons (Fsp3) is 0.250. The van der Waals surface area contributed by atoms with E-state index in [1.807, 2.05) is 24.3 Å².